The largest absolute Gasteiger partial charge is 0.398 e. The predicted octanol–water partition coefficient (Wildman–Crippen LogP) is 2.36. The van der Waals surface area contributed by atoms with Crippen LogP contribution in [0.2, 0.25) is 0 Å². The molecular formula is C14H19BrN2O3S. The molecule has 0 amide bonds. The van der Waals surface area contributed by atoms with E-state index in [2.05, 4.69) is 15.9 Å². The van der Waals surface area contributed by atoms with Gasteiger partial charge in [0.2, 0.25) is 10.0 Å². The van der Waals surface area contributed by atoms with E-state index in [-0.39, 0.29) is 22.7 Å². The van der Waals surface area contributed by atoms with Crippen LogP contribution in [-0.2, 0) is 14.8 Å². The fourth-order valence-electron chi connectivity index (χ4n) is 3.22. The molecule has 0 spiro atoms. The first-order valence-electron chi connectivity index (χ1n) is 7.18. The molecule has 0 radical (unpaired) electrons. The lowest BCUT2D eigenvalue weighted by molar-refractivity contribution is -0.0586. The number of sulfonamides is 1. The number of hydrogen-bond acceptors (Lipinski definition) is 4. The number of morpholine rings is 1. The molecule has 1 aliphatic carbocycles. The summed E-state index contributed by atoms with van der Waals surface area (Å²) in [5, 5.41) is 0. The number of ether oxygens (including phenoxy) is 1. The molecule has 2 N–H and O–H groups in total. The van der Waals surface area contributed by atoms with Crippen LogP contribution in [0.25, 0.3) is 0 Å². The Morgan fingerprint density at radius 2 is 2.05 bits per heavy atom. The average molecular weight is 375 g/mol. The van der Waals surface area contributed by atoms with Gasteiger partial charge >= 0.3 is 0 Å². The Morgan fingerprint density at radius 1 is 1.29 bits per heavy atom. The highest BCUT2D eigenvalue weighted by atomic mass is 79.9. The molecular weight excluding hydrogens is 356 g/mol. The molecule has 0 bridgehead atoms. The van der Waals surface area contributed by atoms with Crippen molar-refractivity contribution in [2.24, 2.45) is 0 Å². The minimum absolute atomic E-state index is 0.0238. The smallest absolute Gasteiger partial charge is 0.245 e. The van der Waals surface area contributed by atoms with E-state index in [1.165, 1.54) is 0 Å². The Hall–Kier alpha value is -0.630. The molecule has 2 atom stereocenters. The Labute approximate surface area is 133 Å². The molecule has 2 unspecified atom stereocenters. The standard InChI is InChI=1S/C14H19BrN2O3S/c15-10-5-6-11(16)14(9-10)21(18,19)17-7-8-20-13-4-2-1-3-12(13)17/h5-6,9,12-13H,1-4,7-8,16H2. The van der Waals surface area contributed by atoms with E-state index in [0.717, 1.165) is 25.7 Å². The van der Waals surface area contributed by atoms with Crippen LogP contribution in [0.1, 0.15) is 25.7 Å². The van der Waals surface area contributed by atoms with Crippen LogP contribution < -0.4 is 5.73 Å². The van der Waals surface area contributed by atoms with E-state index in [0.29, 0.717) is 17.6 Å². The van der Waals surface area contributed by atoms with E-state index in [1.54, 1.807) is 22.5 Å². The number of nitrogens with zero attached hydrogens (tertiary/aromatic N) is 1. The van der Waals surface area contributed by atoms with Crippen molar-refractivity contribution in [1.29, 1.82) is 0 Å². The number of rotatable bonds is 2. The first-order chi connectivity index (χ1) is 10.00. The number of fused-ring (bicyclic) bond motifs is 1. The first kappa shape index (κ1) is 15.3. The molecule has 21 heavy (non-hydrogen) atoms. The fraction of sp³-hybridized carbons (Fsp3) is 0.571. The van der Waals surface area contributed by atoms with Crippen LogP contribution in [0.15, 0.2) is 27.6 Å². The van der Waals surface area contributed by atoms with Crippen molar-refractivity contribution in [3.05, 3.63) is 22.7 Å². The molecule has 116 valence electrons. The van der Waals surface area contributed by atoms with Crippen molar-refractivity contribution < 1.29 is 13.2 Å². The van der Waals surface area contributed by atoms with E-state index >= 15 is 0 Å². The lowest BCUT2D eigenvalue weighted by Crippen LogP contribution is -2.54. The summed E-state index contributed by atoms with van der Waals surface area (Å²) in [7, 11) is -3.59. The fourth-order valence-corrected chi connectivity index (χ4v) is 5.54. The highest BCUT2D eigenvalue weighted by Crippen LogP contribution is 2.34. The molecule has 1 aliphatic heterocycles. The van der Waals surface area contributed by atoms with Gasteiger partial charge in [0.1, 0.15) is 4.90 Å². The molecule has 2 fully saturated rings. The van der Waals surface area contributed by atoms with Crippen LogP contribution in [0.5, 0.6) is 0 Å². The number of benzene rings is 1. The van der Waals surface area contributed by atoms with E-state index in [1.807, 2.05) is 0 Å². The maximum Gasteiger partial charge on any atom is 0.245 e. The quantitative estimate of drug-likeness (QED) is 0.806. The third kappa shape index (κ3) is 2.84. The lowest BCUT2D eigenvalue weighted by atomic mass is 9.91. The van der Waals surface area contributed by atoms with Crippen molar-refractivity contribution in [1.82, 2.24) is 4.31 Å². The number of anilines is 1. The number of hydrogen-bond donors (Lipinski definition) is 1. The van der Waals surface area contributed by atoms with Gasteiger partial charge in [0.05, 0.1) is 24.4 Å². The topological polar surface area (TPSA) is 72.6 Å². The Morgan fingerprint density at radius 3 is 2.86 bits per heavy atom. The second kappa shape index (κ2) is 5.87. The lowest BCUT2D eigenvalue weighted by Gasteiger charge is -2.42. The molecule has 3 rings (SSSR count). The molecule has 1 aromatic carbocycles. The van der Waals surface area contributed by atoms with Gasteiger partial charge in [-0.1, -0.05) is 28.8 Å². The highest BCUT2D eigenvalue weighted by molar-refractivity contribution is 9.10. The summed E-state index contributed by atoms with van der Waals surface area (Å²) in [6.07, 6.45) is 3.97. The molecule has 2 aliphatic rings. The Bertz CT molecular complexity index is 633. The maximum absolute atomic E-state index is 13.0. The van der Waals surface area contributed by atoms with Gasteiger partial charge in [-0.25, -0.2) is 8.42 Å². The van der Waals surface area contributed by atoms with Gasteiger partial charge in [-0.05, 0) is 31.0 Å². The molecule has 1 heterocycles. The normalized spacial score (nSPS) is 27.3. The van der Waals surface area contributed by atoms with Crippen molar-refractivity contribution >= 4 is 31.6 Å². The Balaban J connectivity index is 1.98. The molecule has 7 heteroatoms. The van der Waals surface area contributed by atoms with Gasteiger partial charge < -0.3 is 10.5 Å². The SMILES string of the molecule is Nc1ccc(Br)cc1S(=O)(=O)N1CCOC2CCCCC21. The monoisotopic (exact) mass is 374 g/mol. The second-order valence-electron chi connectivity index (χ2n) is 5.56. The first-order valence-corrected chi connectivity index (χ1v) is 9.42. The number of halogens is 1. The van der Waals surface area contributed by atoms with Gasteiger partial charge in [0.25, 0.3) is 0 Å². The van der Waals surface area contributed by atoms with E-state index in [4.69, 9.17) is 10.5 Å². The van der Waals surface area contributed by atoms with Crippen LogP contribution in [0, 0.1) is 0 Å². The zero-order valence-electron chi connectivity index (χ0n) is 11.7. The summed E-state index contributed by atoms with van der Waals surface area (Å²) in [4.78, 5) is 0.183. The van der Waals surface area contributed by atoms with Gasteiger partial charge in [0.15, 0.2) is 0 Å². The van der Waals surface area contributed by atoms with Crippen molar-refractivity contribution in [3.8, 4) is 0 Å². The molecule has 1 saturated heterocycles. The maximum atomic E-state index is 13.0. The summed E-state index contributed by atoms with van der Waals surface area (Å²) in [6, 6.07) is 4.89. The summed E-state index contributed by atoms with van der Waals surface area (Å²) in [6.45, 7) is 0.851. The molecule has 0 aromatic heterocycles. The Kier molecular flexibility index (Phi) is 4.27. The second-order valence-corrected chi connectivity index (χ2v) is 8.33. The zero-order chi connectivity index (χ0) is 15.0. The van der Waals surface area contributed by atoms with Crippen molar-refractivity contribution in [2.75, 3.05) is 18.9 Å². The average Bonchev–Trinajstić information content (AvgIpc) is 2.49. The minimum Gasteiger partial charge on any atom is -0.398 e. The van der Waals surface area contributed by atoms with Gasteiger partial charge in [0, 0.05) is 11.0 Å². The summed E-state index contributed by atoms with van der Waals surface area (Å²) < 4.78 is 34.0. The predicted molar refractivity (Wildman–Crippen MR) is 84.4 cm³/mol. The summed E-state index contributed by atoms with van der Waals surface area (Å²) in [5.41, 5.74) is 6.18. The molecule has 1 saturated carbocycles. The minimum atomic E-state index is -3.59. The van der Waals surface area contributed by atoms with Crippen LogP contribution in [-0.4, -0.2) is 38.0 Å². The van der Waals surface area contributed by atoms with Crippen LogP contribution in [0.3, 0.4) is 0 Å². The van der Waals surface area contributed by atoms with Gasteiger partial charge in [-0.15, -0.1) is 0 Å². The highest BCUT2D eigenvalue weighted by Gasteiger charge is 2.41. The molecule has 5 nitrogen and oxygen atoms in total. The summed E-state index contributed by atoms with van der Waals surface area (Å²) in [5.74, 6) is 0. The van der Waals surface area contributed by atoms with Crippen LogP contribution >= 0.6 is 15.9 Å². The molecule has 1 aromatic rings. The van der Waals surface area contributed by atoms with Gasteiger partial charge in [-0.2, -0.15) is 4.31 Å². The van der Waals surface area contributed by atoms with Gasteiger partial charge in [-0.3, -0.25) is 0 Å². The van der Waals surface area contributed by atoms with E-state index < -0.39 is 10.0 Å². The van der Waals surface area contributed by atoms with E-state index in [9.17, 15) is 8.42 Å². The number of nitrogen functional groups attached to an aromatic ring is 1. The van der Waals surface area contributed by atoms with Crippen molar-refractivity contribution in [2.45, 2.75) is 42.7 Å². The van der Waals surface area contributed by atoms with Crippen molar-refractivity contribution in [3.63, 3.8) is 0 Å². The summed E-state index contributed by atoms with van der Waals surface area (Å²) >= 11 is 3.32. The number of nitrogens with two attached hydrogens (primary N) is 1. The van der Waals surface area contributed by atoms with Crippen LogP contribution in [0.4, 0.5) is 5.69 Å². The zero-order valence-corrected chi connectivity index (χ0v) is 14.1. The third-order valence-corrected chi connectivity index (χ3v) is 6.72. The third-order valence-electron chi connectivity index (χ3n) is 4.24.